The molecule has 1 aromatic rings. The first kappa shape index (κ1) is 16.5. The van der Waals surface area contributed by atoms with Crippen molar-refractivity contribution >= 4 is 11.9 Å². The van der Waals surface area contributed by atoms with Crippen LogP contribution in [0.5, 0.6) is 0 Å². The second-order valence-corrected chi connectivity index (χ2v) is 6.37. The van der Waals surface area contributed by atoms with Gasteiger partial charge >= 0.3 is 6.09 Å². The molecule has 22 heavy (non-hydrogen) atoms. The summed E-state index contributed by atoms with van der Waals surface area (Å²) in [6, 6.07) is 3.99. The minimum Gasteiger partial charge on any atom is -0.444 e. The topological polar surface area (TPSA) is 63.7 Å². The Morgan fingerprint density at radius 1 is 1.36 bits per heavy atom. The average Bonchev–Trinajstić information content (AvgIpc) is 2.45. The Bertz CT molecular complexity index is 520. The maximum atomic E-state index is 11.7. The normalized spacial score (nSPS) is 15.5. The molecule has 0 aromatic carbocycles. The number of rotatable bonds is 3. The molecule has 0 saturated carbocycles. The van der Waals surface area contributed by atoms with Crippen molar-refractivity contribution in [3.63, 3.8) is 0 Å². The number of hydrogen-bond donors (Lipinski definition) is 1. The van der Waals surface area contributed by atoms with Crippen LogP contribution < -0.4 is 10.2 Å². The maximum absolute atomic E-state index is 11.7. The Morgan fingerprint density at radius 3 is 2.64 bits per heavy atom. The monoisotopic (exact) mass is 307 g/mol. The van der Waals surface area contributed by atoms with Gasteiger partial charge in [0.2, 0.25) is 0 Å². The summed E-state index contributed by atoms with van der Waals surface area (Å²) in [5.74, 6) is 0.960. The van der Waals surface area contributed by atoms with Crippen molar-refractivity contribution < 1.29 is 14.3 Å². The number of alkyl carbamates (subject to hydrolysis) is 1. The predicted octanol–water partition coefficient (Wildman–Crippen LogP) is 2.25. The molecule has 0 atom stereocenters. The fraction of sp³-hybridized carbons (Fsp3) is 0.625. The highest BCUT2D eigenvalue weighted by Crippen LogP contribution is 2.16. The zero-order valence-corrected chi connectivity index (χ0v) is 13.8. The van der Waals surface area contributed by atoms with Crippen LogP contribution in [0.1, 0.15) is 32.0 Å². The third-order valence-electron chi connectivity index (χ3n) is 3.34. The molecular weight excluding hydrogens is 282 g/mol. The Balaban J connectivity index is 1.93. The number of morpholine rings is 1. The number of anilines is 1. The number of nitrogens with zero attached hydrogens (tertiary/aromatic N) is 2. The van der Waals surface area contributed by atoms with Gasteiger partial charge in [-0.3, -0.25) is 0 Å². The van der Waals surface area contributed by atoms with E-state index in [4.69, 9.17) is 9.47 Å². The van der Waals surface area contributed by atoms with Crippen LogP contribution in [0.25, 0.3) is 0 Å². The van der Waals surface area contributed by atoms with Crippen molar-refractivity contribution in [3.8, 4) is 0 Å². The molecule has 0 aliphatic carbocycles. The summed E-state index contributed by atoms with van der Waals surface area (Å²) >= 11 is 0. The molecule has 1 aliphatic rings. The van der Waals surface area contributed by atoms with Crippen LogP contribution in [-0.4, -0.2) is 43.0 Å². The van der Waals surface area contributed by atoms with Gasteiger partial charge in [0.15, 0.2) is 0 Å². The lowest BCUT2D eigenvalue weighted by Crippen LogP contribution is -2.37. The van der Waals surface area contributed by atoms with Gasteiger partial charge in [-0.2, -0.15) is 0 Å². The molecule has 1 N–H and O–H groups in total. The van der Waals surface area contributed by atoms with Crippen molar-refractivity contribution in [2.24, 2.45) is 0 Å². The standard InChI is InChI=1S/C16H25N3O3/c1-12-13(11-17-15(20)22-16(2,3)4)5-6-14(18-12)19-7-9-21-10-8-19/h5-6H,7-11H2,1-4H3,(H,17,20). The number of hydrogen-bond acceptors (Lipinski definition) is 5. The lowest BCUT2D eigenvalue weighted by molar-refractivity contribution is 0.0523. The molecule has 1 amide bonds. The Kier molecular flexibility index (Phi) is 5.24. The first-order valence-electron chi connectivity index (χ1n) is 7.61. The van der Waals surface area contributed by atoms with Gasteiger partial charge in [-0.1, -0.05) is 6.07 Å². The number of carbonyl (C=O) groups excluding carboxylic acids is 1. The van der Waals surface area contributed by atoms with Crippen molar-refractivity contribution in [2.75, 3.05) is 31.2 Å². The van der Waals surface area contributed by atoms with Gasteiger partial charge in [0.05, 0.1) is 13.2 Å². The lowest BCUT2D eigenvalue weighted by atomic mass is 10.2. The van der Waals surface area contributed by atoms with E-state index in [1.807, 2.05) is 39.8 Å². The van der Waals surface area contributed by atoms with E-state index in [1.165, 1.54) is 0 Å². The van der Waals surface area contributed by atoms with Crippen molar-refractivity contribution in [1.29, 1.82) is 0 Å². The fourth-order valence-corrected chi connectivity index (χ4v) is 2.21. The van der Waals surface area contributed by atoms with E-state index < -0.39 is 11.7 Å². The number of ether oxygens (including phenoxy) is 2. The Labute approximate surface area is 131 Å². The van der Waals surface area contributed by atoms with Crippen LogP contribution in [0.15, 0.2) is 12.1 Å². The Hall–Kier alpha value is -1.82. The van der Waals surface area contributed by atoms with E-state index in [2.05, 4.69) is 15.2 Å². The minimum absolute atomic E-state index is 0.413. The van der Waals surface area contributed by atoms with E-state index in [0.717, 1.165) is 43.4 Å². The van der Waals surface area contributed by atoms with Crippen LogP contribution >= 0.6 is 0 Å². The molecule has 0 bridgehead atoms. The maximum Gasteiger partial charge on any atom is 0.407 e. The number of pyridine rings is 1. The van der Waals surface area contributed by atoms with Gasteiger partial charge in [0, 0.05) is 25.3 Å². The molecule has 6 nitrogen and oxygen atoms in total. The average molecular weight is 307 g/mol. The van der Waals surface area contributed by atoms with Gasteiger partial charge in [0.1, 0.15) is 11.4 Å². The summed E-state index contributed by atoms with van der Waals surface area (Å²) in [5, 5.41) is 2.76. The van der Waals surface area contributed by atoms with E-state index in [0.29, 0.717) is 6.54 Å². The first-order chi connectivity index (χ1) is 10.3. The van der Waals surface area contributed by atoms with E-state index >= 15 is 0 Å². The first-order valence-corrected chi connectivity index (χ1v) is 7.61. The molecule has 1 fully saturated rings. The lowest BCUT2D eigenvalue weighted by Gasteiger charge is -2.28. The van der Waals surface area contributed by atoms with E-state index in [-0.39, 0.29) is 0 Å². The number of aromatic nitrogens is 1. The second kappa shape index (κ2) is 6.96. The van der Waals surface area contributed by atoms with Crippen LogP contribution in [0.3, 0.4) is 0 Å². The molecular formula is C16H25N3O3. The molecule has 6 heteroatoms. The van der Waals surface area contributed by atoms with Crippen molar-refractivity contribution in [2.45, 2.75) is 39.8 Å². The molecule has 2 rings (SSSR count). The van der Waals surface area contributed by atoms with Crippen molar-refractivity contribution in [1.82, 2.24) is 10.3 Å². The third kappa shape index (κ3) is 4.87. The zero-order valence-electron chi connectivity index (χ0n) is 13.8. The van der Waals surface area contributed by atoms with Gasteiger partial charge in [-0.25, -0.2) is 9.78 Å². The van der Waals surface area contributed by atoms with Gasteiger partial charge in [0.25, 0.3) is 0 Å². The molecule has 0 spiro atoms. The smallest absolute Gasteiger partial charge is 0.407 e. The quantitative estimate of drug-likeness (QED) is 0.928. The number of aryl methyl sites for hydroxylation is 1. The fourth-order valence-electron chi connectivity index (χ4n) is 2.21. The van der Waals surface area contributed by atoms with Crippen molar-refractivity contribution in [3.05, 3.63) is 23.4 Å². The third-order valence-corrected chi connectivity index (χ3v) is 3.34. The molecule has 1 saturated heterocycles. The molecule has 1 aliphatic heterocycles. The number of amides is 1. The van der Waals surface area contributed by atoms with Crippen LogP contribution in [0.2, 0.25) is 0 Å². The summed E-state index contributed by atoms with van der Waals surface area (Å²) in [4.78, 5) is 18.5. The summed E-state index contributed by atoms with van der Waals surface area (Å²) < 4.78 is 10.6. The van der Waals surface area contributed by atoms with Crippen LogP contribution in [0.4, 0.5) is 10.6 Å². The molecule has 0 radical (unpaired) electrons. The van der Waals surface area contributed by atoms with E-state index in [1.54, 1.807) is 0 Å². The second-order valence-electron chi connectivity index (χ2n) is 6.37. The summed E-state index contributed by atoms with van der Waals surface area (Å²) in [6.07, 6.45) is -0.413. The zero-order chi connectivity index (χ0) is 16.2. The summed E-state index contributed by atoms with van der Waals surface area (Å²) in [5.41, 5.74) is 1.42. The van der Waals surface area contributed by atoms with Gasteiger partial charge in [-0.15, -0.1) is 0 Å². The van der Waals surface area contributed by atoms with Gasteiger partial charge in [-0.05, 0) is 39.3 Å². The van der Waals surface area contributed by atoms with E-state index in [9.17, 15) is 4.79 Å². The van der Waals surface area contributed by atoms with Crippen LogP contribution in [0, 0.1) is 6.92 Å². The summed E-state index contributed by atoms with van der Waals surface area (Å²) in [7, 11) is 0. The molecule has 1 aromatic heterocycles. The minimum atomic E-state index is -0.489. The Morgan fingerprint density at radius 2 is 2.05 bits per heavy atom. The number of nitrogens with one attached hydrogen (secondary N) is 1. The number of carbonyl (C=O) groups is 1. The van der Waals surface area contributed by atoms with Gasteiger partial charge < -0.3 is 19.7 Å². The summed E-state index contributed by atoms with van der Waals surface area (Å²) in [6.45, 7) is 11.1. The molecule has 0 unspecified atom stereocenters. The largest absolute Gasteiger partial charge is 0.444 e. The van der Waals surface area contributed by atoms with Crippen LogP contribution in [-0.2, 0) is 16.0 Å². The highest BCUT2D eigenvalue weighted by molar-refractivity contribution is 5.67. The SMILES string of the molecule is Cc1nc(N2CCOCC2)ccc1CNC(=O)OC(C)(C)C. The highest BCUT2D eigenvalue weighted by atomic mass is 16.6. The molecule has 2 heterocycles. The highest BCUT2D eigenvalue weighted by Gasteiger charge is 2.17. The predicted molar refractivity (Wildman–Crippen MR) is 85.1 cm³/mol. The molecule has 122 valence electrons.